The van der Waals surface area contributed by atoms with Crippen LogP contribution < -0.4 is 10.6 Å². The van der Waals surface area contributed by atoms with Crippen LogP contribution in [0.3, 0.4) is 0 Å². The van der Waals surface area contributed by atoms with E-state index < -0.39 is 0 Å². The molecule has 5 heteroatoms. The number of nitrogens with zero attached hydrogens (tertiary/aromatic N) is 2. The maximum atomic E-state index is 12.0. The van der Waals surface area contributed by atoms with Crippen molar-refractivity contribution in [1.82, 2.24) is 15.5 Å². The molecule has 1 fully saturated rings. The average Bonchev–Trinajstić information content (AvgIpc) is 3.11. The van der Waals surface area contributed by atoms with Gasteiger partial charge in [-0.05, 0) is 31.2 Å². The summed E-state index contributed by atoms with van der Waals surface area (Å²) in [6, 6.07) is 10.4. The molecule has 0 aromatic heterocycles. The predicted molar refractivity (Wildman–Crippen MR) is 103 cm³/mol. The summed E-state index contributed by atoms with van der Waals surface area (Å²) in [6.07, 6.45) is 5.66. The smallest absolute Gasteiger partial charge is 0.220 e. The van der Waals surface area contributed by atoms with Crippen molar-refractivity contribution in [2.45, 2.75) is 45.6 Å². The second-order valence-corrected chi connectivity index (χ2v) is 6.78. The van der Waals surface area contributed by atoms with Crippen molar-refractivity contribution in [3.05, 3.63) is 35.9 Å². The summed E-state index contributed by atoms with van der Waals surface area (Å²) < 4.78 is 0. The van der Waals surface area contributed by atoms with Gasteiger partial charge in [0.05, 0.1) is 6.54 Å². The normalized spacial score (nSPS) is 15.2. The first-order valence-corrected chi connectivity index (χ1v) is 9.49. The average molecular weight is 345 g/mol. The zero-order valence-electron chi connectivity index (χ0n) is 15.6. The van der Waals surface area contributed by atoms with Crippen LogP contribution in [-0.2, 0) is 11.3 Å². The molecule has 0 unspecified atom stereocenters. The Labute approximate surface area is 151 Å². The van der Waals surface area contributed by atoms with E-state index in [9.17, 15) is 4.79 Å². The largest absolute Gasteiger partial charge is 0.357 e. The lowest BCUT2D eigenvalue weighted by molar-refractivity contribution is -0.121. The number of benzene rings is 1. The molecule has 25 heavy (non-hydrogen) atoms. The molecule has 1 aromatic carbocycles. The monoisotopic (exact) mass is 344 g/mol. The molecule has 1 aromatic rings. The number of nitrogens with one attached hydrogen (secondary N) is 2. The molecule has 2 N–H and O–H groups in total. The Morgan fingerprint density at radius 1 is 1.20 bits per heavy atom. The standard InChI is InChI=1S/C20H32N4O/c1-3-21-20(24(2)16-18-11-5-4-6-12-18)23-14-13-22-19(25)15-17-9-7-8-10-17/h4-6,11-12,17H,3,7-10,13-16H2,1-2H3,(H,21,23)(H,22,25). The highest BCUT2D eigenvalue weighted by molar-refractivity contribution is 5.80. The van der Waals surface area contributed by atoms with Gasteiger partial charge < -0.3 is 15.5 Å². The number of guanidine groups is 1. The molecule has 5 nitrogen and oxygen atoms in total. The van der Waals surface area contributed by atoms with Crippen molar-refractivity contribution >= 4 is 11.9 Å². The molecule has 1 saturated carbocycles. The van der Waals surface area contributed by atoms with E-state index in [2.05, 4.69) is 39.6 Å². The Balaban J connectivity index is 1.75. The lowest BCUT2D eigenvalue weighted by Gasteiger charge is -2.22. The van der Waals surface area contributed by atoms with Crippen LogP contribution >= 0.6 is 0 Å². The van der Waals surface area contributed by atoms with Gasteiger partial charge in [-0.1, -0.05) is 43.2 Å². The zero-order valence-corrected chi connectivity index (χ0v) is 15.6. The summed E-state index contributed by atoms with van der Waals surface area (Å²) in [4.78, 5) is 18.7. The molecule has 0 spiro atoms. The molecule has 1 amide bonds. The fraction of sp³-hybridized carbons (Fsp3) is 0.600. The van der Waals surface area contributed by atoms with Gasteiger partial charge in [-0.2, -0.15) is 0 Å². The van der Waals surface area contributed by atoms with Crippen molar-refractivity contribution in [1.29, 1.82) is 0 Å². The van der Waals surface area contributed by atoms with Gasteiger partial charge in [-0.25, -0.2) is 0 Å². The number of carbonyl (C=O) groups is 1. The molecule has 1 aliphatic rings. The molecule has 1 aliphatic carbocycles. The summed E-state index contributed by atoms with van der Waals surface area (Å²) in [5.74, 6) is 1.64. The van der Waals surface area contributed by atoms with Gasteiger partial charge in [-0.3, -0.25) is 9.79 Å². The van der Waals surface area contributed by atoms with Gasteiger partial charge in [0.15, 0.2) is 5.96 Å². The third-order valence-corrected chi connectivity index (χ3v) is 4.60. The summed E-state index contributed by atoms with van der Waals surface area (Å²) >= 11 is 0. The highest BCUT2D eigenvalue weighted by Crippen LogP contribution is 2.27. The van der Waals surface area contributed by atoms with E-state index in [4.69, 9.17) is 0 Å². The van der Waals surface area contributed by atoms with Crippen molar-refractivity contribution in [3.63, 3.8) is 0 Å². The van der Waals surface area contributed by atoms with Crippen molar-refractivity contribution in [2.75, 3.05) is 26.7 Å². The number of aliphatic imine (C=N–C) groups is 1. The van der Waals surface area contributed by atoms with Crippen LogP contribution in [0.4, 0.5) is 0 Å². The first-order chi connectivity index (χ1) is 12.2. The second-order valence-electron chi connectivity index (χ2n) is 6.78. The zero-order chi connectivity index (χ0) is 17.9. The Morgan fingerprint density at radius 3 is 2.60 bits per heavy atom. The molecular weight excluding hydrogens is 312 g/mol. The highest BCUT2D eigenvalue weighted by atomic mass is 16.1. The summed E-state index contributed by atoms with van der Waals surface area (Å²) in [5, 5.41) is 6.32. The van der Waals surface area contributed by atoms with Gasteiger partial charge in [0, 0.05) is 33.1 Å². The number of amides is 1. The SMILES string of the molecule is CCNC(=NCCNC(=O)CC1CCCC1)N(C)Cc1ccccc1. The lowest BCUT2D eigenvalue weighted by atomic mass is 10.0. The molecule has 2 rings (SSSR count). The topological polar surface area (TPSA) is 56.7 Å². The molecule has 0 atom stereocenters. The maximum Gasteiger partial charge on any atom is 0.220 e. The molecule has 0 heterocycles. The van der Waals surface area contributed by atoms with E-state index in [1.54, 1.807) is 0 Å². The molecule has 138 valence electrons. The van der Waals surface area contributed by atoms with Crippen LogP contribution in [0.1, 0.15) is 44.6 Å². The second kappa shape index (κ2) is 10.7. The number of rotatable bonds is 8. The lowest BCUT2D eigenvalue weighted by Crippen LogP contribution is -2.39. The summed E-state index contributed by atoms with van der Waals surface area (Å²) in [5.41, 5.74) is 1.25. The van der Waals surface area contributed by atoms with Gasteiger partial charge in [0.2, 0.25) is 5.91 Å². The van der Waals surface area contributed by atoms with Crippen LogP contribution in [0.15, 0.2) is 35.3 Å². The van der Waals surface area contributed by atoms with Crippen LogP contribution in [0.5, 0.6) is 0 Å². The van der Waals surface area contributed by atoms with E-state index in [1.807, 2.05) is 25.2 Å². The van der Waals surface area contributed by atoms with E-state index in [0.29, 0.717) is 25.4 Å². The van der Waals surface area contributed by atoms with E-state index in [-0.39, 0.29) is 5.91 Å². The first-order valence-electron chi connectivity index (χ1n) is 9.49. The van der Waals surface area contributed by atoms with Crippen LogP contribution in [0.2, 0.25) is 0 Å². The van der Waals surface area contributed by atoms with Crippen LogP contribution in [-0.4, -0.2) is 43.4 Å². The number of hydrogen-bond donors (Lipinski definition) is 2. The number of carbonyl (C=O) groups excluding carboxylic acids is 1. The summed E-state index contributed by atoms with van der Waals surface area (Å²) in [7, 11) is 2.03. The molecule has 0 bridgehead atoms. The Bertz CT molecular complexity index is 538. The van der Waals surface area contributed by atoms with Crippen molar-refractivity contribution in [3.8, 4) is 0 Å². The third-order valence-electron chi connectivity index (χ3n) is 4.60. The molecule has 0 saturated heterocycles. The fourth-order valence-corrected chi connectivity index (χ4v) is 3.31. The van der Waals surface area contributed by atoms with Crippen LogP contribution in [0.25, 0.3) is 0 Å². The maximum absolute atomic E-state index is 12.0. The Morgan fingerprint density at radius 2 is 1.92 bits per heavy atom. The first kappa shape index (κ1) is 19.3. The van der Waals surface area contributed by atoms with Crippen molar-refractivity contribution in [2.24, 2.45) is 10.9 Å². The van der Waals surface area contributed by atoms with Gasteiger partial charge >= 0.3 is 0 Å². The summed E-state index contributed by atoms with van der Waals surface area (Å²) in [6.45, 7) is 4.89. The van der Waals surface area contributed by atoms with Gasteiger partial charge in [-0.15, -0.1) is 0 Å². The van der Waals surface area contributed by atoms with Gasteiger partial charge in [0.1, 0.15) is 0 Å². The minimum atomic E-state index is 0.171. The Hall–Kier alpha value is -2.04. The fourth-order valence-electron chi connectivity index (χ4n) is 3.31. The van der Waals surface area contributed by atoms with Crippen molar-refractivity contribution < 1.29 is 4.79 Å². The molecular formula is C20H32N4O. The molecule has 0 aliphatic heterocycles. The predicted octanol–water partition coefficient (Wildman–Crippen LogP) is 2.78. The minimum Gasteiger partial charge on any atom is -0.357 e. The number of hydrogen-bond acceptors (Lipinski definition) is 2. The van der Waals surface area contributed by atoms with E-state index >= 15 is 0 Å². The molecule has 0 radical (unpaired) electrons. The third kappa shape index (κ3) is 7.16. The van der Waals surface area contributed by atoms with Gasteiger partial charge in [0.25, 0.3) is 0 Å². The highest BCUT2D eigenvalue weighted by Gasteiger charge is 2.17. The van der Waals surface area contributed by atoms with E-state index in [1.165, 1.54) is 31.2 Å². The minimum absolute atomic E-state index is 0.171. The van der Waals surface area contributed by atoms with Crippen LogP contribution in [0, 0.1) is 5.92 Å². The Kier molecular flexibility index (Phi) is 8.29. The van der Waals surface area contributed by atoms with E-state index in [0.717, 1.165) is 19.0 Å². The quantitative estimate of drug-likeness (QED) is 0.433.